The molecule has 2 heterocycles. The van der Waals surface area contributed by atoms with E-state index in [2.05, 4.69) is 259 Å². The van der Waals surface area contributed by atoms with Crippen LogP contribution in [0.2, 0.25) is 0 Å². The Morgan fingerprint density at radius 1 is 0.275 bits per heavy atom. The summed E-state index contributed by atoms with van der Waals surface area (Å²) in [5.74, 6) is 3.22. The number of para-hydroxylation sites is 4. The van der Waals surface area contributed by atoms with Gasteiger partial charge in [-0.1, -0.05) is 170 Å². The molecular formula is C64H41BN2O2. The van der Waals surface area contributed by atoms with Crippen LogP contribution in [0.4, 0.5) is 34.1 Å². The quantitative estimate of drug-likeness (QED) is 0.118. The van der Waals surface area contributed by atoms with Crippen molar-refractivity contribution in [2.24, 2.45) is 0 Å². The van der Waals surface area contributed by atoms with Gasteiger partial charge < -0.3 is 19.3 Å². The molecule has 0 unspecified atom stereocenters. The molecule has 0 fully saturated rings. The van der Waals surface area contributed by atoms with Crippen molar-refractivity contribution in [3.63, 3.8) is 0 Å². The molecule has 69 heavy (non-hydrogen) atoms. The predicted octanol–water partition coefficient (Wildman–Crippen LogP) is 15.6. The van der Waals surface area contributed by atoms with Crippen LogP contribution in [0.15, 0.2) is 249 Å². The lowest BCUT2D eigenvalue weighted by Gasteiger charge is -2.37. The molecule has 5 heteroatoms. The zero-order valence-electron chi connectivity index (χ0n) is 37.5. The SMILES string of the molecule is c1ccc(N(c2ccccc2)c2cc3c(c4ccccc24)B2c4c(cc(-c5cc6ccccc6c6ccccc56)cc4Oc4cc(N(c5ccccc5)c5ccccc5)c5ccccc5c42)O3)cc1. The van der Waals surface area contributed by atoms with Gasteiger partial charge in [-0.15, -0.1) is 0 Å². The fraction of sp³-hybridized carbons (Fsp3) is 0. The molecule has 2 aliphatic rings. The van der Waals surface area contributed by atoms with Gasteiger partial charge in [-0.05, 0) is 121 Å². The van der Waals surface area contributed by atoms with Crippen LogP contribution < -0.4 is 35.7 Å². The van der Waals surface area contributed by atoms with Crippen molar-refractivity contribution < 1.29 is 9.47 Å². The Morgan fingerprint density at radius 3 is 1.07 bits per heavy atom. The second-order valence-corrected chi connectivity index (χ2v) is 17.9. The molecule has 0 saturated carbocycles. The Labute approximate surface area is 400 Å². The highest BCUT2D eigenvalue weighted by molar-refractivity contribution is 7.01. The molecule has 0 spiro atoms. The lowest BCUT2D eigenvalue weighted by atomic mass is 9.33. The molecule has 322 valence electrons. The van der Waals surface area contributed by atoms with Crippen molar-refractivity contribution in [3.8, 4) is 34.1 Å². The van der Waals surface area contributed by atoms with E-state index in [0.717, 1.165) is 106 Å². The van der Waals surface area contributed by atoms with Gasteiger partial charge in [-0.2, -0.15) is 0 Å². The van der Waals surface area contributed by atoms with E-state index in [9.17, 15) is 0 Å². The smallest absolute Gasteiger partial charge is 0.262 e. The summed E-state index contributed by atoms with van der Waals surface area (Å²) in [6, 6.07) is 89.0. The third-order valence-electron chi connectivity index (χ3n) is 14.1. The Morgan fingerprint density at radius 2 is 0.623 bits per heavy atom. The van der Waals surface area contributed by atoms with E-state index in [1.54, 1.807) is 0 Å². The predicted molar refractivity (Wildman–Crippen MR) is 289 cm³/mol. The molecule has 0 N–H and O–H groups in total. The molecule has 12 aromatic rings. The number of hydrogen-bond donors (Lipinski definition) is 0. The second kappa shape index (κ2) is 15.8. The third-order valence-corrected chi connectivity index (χ3v) is 14.1. The molecule has 0 bridgehead atoms. The molecule has 14 rings (SSSR count). The number of nitrogens with zero attached hydrogens (tertiary/aromatic N) is 2. The molecule has 0 aliphatic carbocycles. The first-order valence-electron chi connectivity index (χ1n) is 23.6. The van der Waals surface area contributed by atoms with Crippen LogP contribution in [0, 0.1) is 0 Å². The Hall–Kier alpha value is -9.06. The fourth-order valence-corrected chi connectivity index (χ4v) is 11.2. The highest BCUT2D eigenvalue weighted by Crippen LogP contribution is 2.48. The van der Waals surface area contributed by atoms with Crippen LogP contribution in [-0.4, -0.2) is 6.71 Å². The van der Waals surface area contributed by atoms with Crippen molar-refractivity contribution in [2.75, 3.05) is 9.80 Å². The molecule has 0 atom stereocenters. The zero-order chi connectivity index (χ0) is 45.4. The van der Waals surface area contributed by atoms with E-state index < -0.39 is 0 Å². The van der Waals surface area contributed by atoms with Crippen molar-refractivity contribution >= 4 is 100 Å². The van der Waals surface area contributed by atoms with Crippen LogP contribution in [-0.2, 0) is 0 Å². The van der Waals surface area contributed by atoms with Crippen LogP contribution in [0.5, 0.6) is 23.0 Å². The summed E-state index contributed by atoms with van der Waals surface area (Å²) in [6.07, 6.45) is 0. The summed E-state index contributed by atoms with van der Waals surface area (Å²) in [7, 11) is 0. The van der Waals surface area contributed by atoms with E-state index in [1.165, 1.54) is 21.5 Å². The van der Waals surface area contributed by atoms with Gasteiger partial charge in [0.1, 0.15) is 23.0 Å². The van der Waals surface area contributed by atoms with Crippen LogP contribution in [0.1, 0.15) is 0 Å². The molecule has 0 aromatic heterocycles. The molecule has 2 aliphatic heterocycles. The fourth-order valence-electron chi connectivity index (χ4n) is 11.2. The van der Waals surface area contributed by atoms with Crippen LogP contribution in [0.25, 0.3) is 54.2 Å². The van der Waals surface area contributed by atoms with E-state index in [-0.39, 0.29) is 6.71 Å². The summed E-state index contributed by atoms with van der Waals surface area (Å²) in [5.41, 5.74) is 11.8. The maximum Gasteiger partial charge on any atom is 0.262 e. The van der Waals surface area contributed by atoms with Gasteiger partial charge in [-0.25, -0.2) is 0 Å². The summed E-state index contributed by atoms with van der Waals surface area (Å²) >= 11 is 0. The molecule has 0 saturated heterocycles. The van der Waals surface area contributed by atoms with Gasteiger partial charge >= 0.3 is 0 Å². The number of anilines is 6. The number of fused-ring (bicyclic) bond motifs is 11. The number of hydrogen-bond acceptors (Lipinski definition) is 4. The highest BCUT2D eigenvalue weighted by atomic mass is 16.5. The number of rotatable bonds is 7. The standard InChI is InChI=1S/C64H41BN2O2/c1-5-22-44(23-6-1)66(45-24-7-2-8-25-45)56-40-60-62(53-35-19-17-33-51(53)56)65-63-54-36-20-18-34-52(54)57(67(46-26-9-3-10-27-46)47-28-11-4-12-29-47)41-61(63)69-59-39-43(38-58(68-60)64(59)65)55-37-42-21-13-14-30-48(42)49-31-15-16-32-50(49)55/h1-41H. The Bertz CT molecular complexity index is 3700. The van der Waals surface area contributed by atoms with Crippen LogP contribution >= 0.6 is 0 Å². The first-order valence-corrected chi connectivity index (χ1v) is 23.6. The highest BCUT2D eigenvalue weighted by Gasteiger charge is 2.44. The minimum atomic E-state index is -0.230. The second-order valence-electron chi connectivity index (χ2n) is 17.9. The van der Waals surface area contributed by atoms with E-state index in [0.29, 0.717) is 0 Å². The van der Waals surface area contributed by atoms with Gasteiger partial charge in [0.2, 0.25) is 0 Å². The lowest BCUT2D eigenvalue weighted by Crippen LogP contribution is -2.58. The molecular weight excluding hydrogens is 840 g/mol. The van der Waals surface area contributed by atoms with Crippen molar-refractivity contribution in [3.05, 3.63) is 249 Å². The number of ether oxygens (including phenoxy) is 2. The van der Waals surface area contributed by atoms with Gasteiger partial charge in [0.05, 0.1) is 11.4 Å². The first kappa shape index (κ1) is 39.1. The van der Waals surface area contributed by atoms with Gasteiger partial charge in [0, 0.05) is 51.1 Å². The lowest BCUT2D eigenvalue weighted by molar-refractivity contribution is 0.466. The largest absolute Gasteiger partial charge is 0.458 e. The van der Waals surface area contributed by atoms with Gasteiger partial charge in [0.15, 0.2) is 0 Å². The van der Waals surface area contributed by atoms with Gasteiger partial charge in [-0.3, -0.25) is 0 Å². The van der Waals surface area contributed by atoms with E-state index in [1.807, 2.05) is 0 Å². The average molecular weight is 881 g/mol. The first-order chi connectivity index (χ1) is 34.2. The average Bonchev–Trinajstić information content (AvgIpc) is 3.41. The van der Waals surface area contributed by atoms with E-state index in [4.69, 9.17) is 9.47 Å². The summed E-state index contributed by atoms with van der Waals surface area (Å²) in [5, 5.41) is 9.32. The molecule has 12 aromatic carbocycles. The summed E-state index contributed by atoms with van der Waals surface area (Å²) < 4.78 is 14.9. The maximum atomic E-state index is 7.45. The number of benzene rings is 12. The van der Waals surface area contributed by atoms with Crippen molar-refractivity contribution in [1.29, 1.82) is 0 Å². The minimum Gasteiger partial charge on any atom is -0.458 e. The molecule has 0 amide bonds. The normalized spacial score (nSPS) is 12.3. The van der Waals surface area contributed by atoms with Crippen LogP contribution in [0.3, 0.4) is 0 Å². The van der Waals surface area contributed by atoms with E-state index >= 15 is 0 Å². The minimum absolute atomic E-state index is 0.230. The van der Waals surface area contributed by atoms with Crippen molar-refractivity contribution in [1.82, 2.24) is 0 Å². The Kier molecular flexibility index (Phi) is 8.96. The maximum absolute atomic E-state index is 7.45. The van der Waals surface area contributed by atoms with Gasteiger partial charge in [0.25, 0.3) is 6.71 Å². The summed E-state index contributed by atoms with van der Waals surface area (Å²) in [6.45, 7) is -0.230. The third kappa shape index (κ3) is 6.25. The van der Waals surface area contributed by atoms with Crippen molar-refractivity contribution in [2.45, 2.75) is 0 Å². The molecule has 4 nitrogen and oxygen atoms in total. The zero-order valence-corrected chi connectivity index (χ0v) is 37.5. The monoisotopic (exact) mass is 880 g/mol. The topological polar surface area (TPSA) is 24.9 Å². The Balaban J connectivity index is 1.08. The summed E-state index contributed by atoms with van der Waals surface area (Å²) in [4.78, 5) is 4.71. The molecule has 0 radical (unpaired) electrons.